The van der Waals surface area contributed by atoms with Crippen LogP contribution in [0.2, 0.25) is 0 Å². The number of ketones is 1. The normalized spacial score (nSPS) is 24.5. The summed E-state index contributed by atoms with van der Waals surface area (Å²) < 4.78 is 5.75. The standard InChI is InChI=1S/C14H24O2/c15-14(12-7-3-1-4-8-12)11-16-13-9-5-2-6-10-13/h12-13H,1-11H2. The van der Waals surface area contributed by atoms with Crippen LogP contribution in [0.4, 0.5) is 0 Å². The molecule has 0 saturated heterocycles. The summed E-state index contributed by atoms with van der Waals surface area (Å²) in [6.45, 7) is 0.384. The molecule has 0 unspecified atom stereocenters. The molecule has 0 atom stereocenters. The number of carbonyl (C=O) groups excluding carboxylic acids is 1. The van der Waals surface area contributed by atoms with E-state index in [0.717, 1.165) is 25.7 Å². The van der Waals surface area contributed by atoms with Crippen molar-refractivity contribution in [3.63, 3.8) is 0 Å². The Morgan fingerprint density at radius 3 is 2.06 bits per heavy atom. The molecule has 0 bridgehead atoms. The predicted molar refractivity (Wildman–Crippen MR) is 64.4 cm³/mol. The van der Waals surface area contributed by atoms with Gasteiger partial charge in [-0.1, -0.05) is 38.5 Å². The van der Waals surface area contributed by atoms with Crippen LogP contribution in [0.3, 0.4) is 0 Å². The summed E-state index contributed by atoms with van der Waals surface area (Å²) in [7, 11) is 0. The lowest BCUT2D eigenvalue weighted by atomic mass is 9.86. The third-order valence-corrected chi connectivity index (χ3v) is 4.07. The van der Waals surface area contributed by atoms with Crippen molar-refractivity contribution >= 4 is 5.78 Å². The van der Waals surface area contributed by atoms with E-state index in [1.165, 1.54) is 38.5 Å². The van der Waals surface area contributed by atoms with Crippen molar-refractivity contribution < 1.29 is 9.53 Å². The zero-order valence-electron chi connectivity index (χ0n) is 10.2. The van der Waals surface area contributed by atoms with Crippen molar-refractivity contribution in [2.75, 3.05) is 6.61 Å². The van der Waals surface area contributed by atoms with E-state index in [9.17, 15) is 4.79 Å². The minimum Gasteiger partial charge on any atom is -0.370 e. The predicted octanol–water partition coefficient (Wildman–Crippen LogP) is 3.49. The molecule has 0 aliphatic heterocycles. The maximum absolute atomic E-state index is 11.9. The maximum atomic E-state index is 11.9. The summed E-state index contributed by atoms with van der Waals surface area (Å²) in [5.41, 5.74) is 0. The lowest BCUT2D eigenvalue weighted by Crippen LogP contribution is -2.26. The van der Waals surface area contributed by atoms with Gasteiger partial charge in [-0.3, -0.25) is 4.79 Å². The van der Waals surface area contributed by atoms with Crippen LogP contribution in [0.1, 0.15) is 64.2 Å². The highest BCUT2D eigenvalue weighted by Crippen LogP contribution is 2.25. The zero-order chi connectivity index (χ0) is 11.2. The Balaban J connectivity index is 1.65. The second-order valence-corrected chi connectivity index (χ2v) is 5.37. The number of hydrogen-bond acceptors (Lipinski definition) is 2. The maximum Gasteiger partial charge on any atom is 0.161 e. The van der Waals surface area contributed by atoms with Gasteiger partial charge < -0.3 is 4.74 Å². The Labute approximate surface area is 98.7 Å². The number of rotatable bonds is 4. The van der Waals surface area contributed by atoms with Gasteiger partial charge in [-0.05, 0) is 25.7 Å². The van der Waals surface area contributed by atoms with Gasteiger partial charge in [0.05, 0.1) is 6.10 Å². The van der Waals surface area contributed by atoms with Crippen molar-refractivity contribution in [2.45, 2.75) is 70.3 Å². The molecule has 2 nitrogen and oxygen atoms in total. The van der Waals surface area contributed by atoms with Crippen LogP contribution < -0.4 is 0 Å². The van der Waals surface area contributed by atoms with Gasteiger partial charge in [0.1, 0.15) is 6.61 Å². The first-order valence-corrected chi connectivity index (χ1v) is 7.00. The molecule has 16 heavy (non-hydrogen) atoms. The molecule has 92 valence electrons. The van der Waals surface area contributed by atoms with Crippen LogP contribution >= 0.6 is 0 Å². The Morgan fingerprint density at radius 2 is 1.44 bits per heavy atom. The van der Waals surface area contributed by atoms with Gasteiger partial charge in [-0.25, -0.2) is 0 Å². The lowest BCUT2D eigenvalue weighted by molar-refractivity contribution is -0.131. The average molecular weight is 224 g/mol. The molecule has 2 aliphatic carbocycles. The van der Waals surface area contributed by atoms with Crippen LogP contribution in [-0.2, 0) is 9.53 Å². The fraction of sp³-hybridized carbons (Fsp3) is 0.929. The van der Waals surface area contributed by atoms with Crippen molar-refractivity contribution in [3.05, 3.63) is 0 Å². The van der Waals surface area contributed by atoms with Gasteiger partial charge in [-0.2, -0.15) is 0 Å². The fourth-order valence-corrected chi connectivity index (χ4v) is 2.97. The first kappa shape index (κ1) is 12.1. The minimum absolute atomic E-state index is 0.317. The smallest absolute Gasteiger partial charge is 0.161 e. The van der Waals surface area contributed by atoms with Crippen molar-refractivity contribution in [3.8, 4) is 0 Å². The molecular weight excluding hydrogens is 200 g/mol. The molecule has 0 amide bonds. The Bertz CT molecular complexity index is 213. The van der Waals surface area contributed by atoms with Crippen LogP contribution in [0, 0.1) is 5.92 Å². The molecule has 2 fully saturated rings. The summed E-state index contributed by atoms with van der Waals surface area (Å²) in [6, 6.07) is 0. The van der Waals surface area contributed by atoms with Gasteiger partial charge in [0.2, 0.25) is 0 Å². The van der Waals surface area contributed by atoms with Crippen LogP contribution in [-0.4, -0.2) is 18.5 Å². The molecule has 0 aromatic heterocycles. The molecule has 2 saturated carbocycles. The van der Waals surface area contributed by atoms with Gasteiger partial charge in [-0.15, -0.1) is 0 Å². The molecule has 0 heterocycles. The second-order valence-electron chi connectivity index (χ2n) is 5.37. The monoisotopic (exact) mass is 224 g/mol. The summed E-state index contributed by atoms with van der Waals surface area (Å²) in [6.07, 6.45) is 12.6. The minimum atomic E-state index is 0.317. The first-order chi connectivity index (χ1) is 7.86. The van der Waals surface area contributed by atoms with Crippen LogP contribution in [0.25, 0.3) is 0 Å². The van der Waals surface area contributed by atoms with E-state index < -0.39 is 0 Å². The molecule has 2 rings (SSSR count). The third kappa shape index (κ3) is 3.58. The number of ether oxygens (including phenoxy) is 1. The summed E-state index contributed by atoms with van der Waals surface area (Å²) in [5, 5.41) is 0. The van der Waals surface area contributed by atoms with Crippen LogP contribution in [0.15, 0.2) is 0 Å². The average Bonchev–Trinajstić information content (AvgIpc) is 2.38. The third-order valence-electron chi connectivity index (χ3n) is 4.07. The van der Waals surface area contributed by atoms with E-state index >= 15 is 0 Å². The van der Waals surface area contributed by atoms with E-state index in [4.69, 9.17) is 4.74 Å². The van der Waals surface area contributed by atoms with Crippen LogP contribution in [0.5, 0.6) is 0 Å². The second kappa shape index (κ2) is 6.39. The van der Waals surface area contributed by atoms with Gasteiger partial charge in [0.15, 0.2) is 5.78 Å². The molecule has 2 aliphatic rings. The molecule has 0 spiro atoms. The largest absolute Gasteiger partial charge is 0.370 e. The zero-order valence-corrected chi connectivity index (χ0v) is 10.2. The highest BCUT2D eigenvalue weighted by Gasteiger charge is 2.22. The van der Waals surface area contributed by atoms with Gasteiger partial charge in [0.25, 0.3) is 0 Å². The van der Waals surface area contributed by atoms with E-state index in [1.807, 2.05) is 0 Å². The van der Waals surface area contributed by atoms with E-state index in [-0.39, 0.29) is 0 Å². The molecule has 0 N–H and O–H groups in total. The first-order valence-electron chi connectivity index (χ1n) is 7.00. The lowest BCUT2D eigenvalue weighted by Gasteiger charge is -2.24. The highest BCUT2D eigenvalue weighted by molar-refractivity contribution is 5.82. The highest BCUT2D eigenvalue weighted by atomic mass is 16.5. The number of carbonyl (C=O) groups is 1. The summed E-state index contributed by atoms with van der Waals surface area (Å²) in [5.74, 6) is 0.683. The summed E-state index contributed by atoms with van der Waals surface area (Å²) >= 11 is 0. The van der Waals surface area contributed by atoms with Crippen molar-refractivity contribution in [1.29, 1.82) is 0 Å². The Morgan fingerprint density at radius 1 is 0.875 bits per heavy atom. The van der Waals surface area contributed by atoms with Gasteiger partial charge in [0, 0.05) is 5.92 Å². The number of Topliss-reactive ketones (excluding diaryl/α,β-unsaturated/α-hetero) is 1. The molecule has 2 heteroatoms. The Hall–Kier alpha value is -0.370. The topological polar surface area (TPSA) is 26.3 Å². The van der Waals surface area contributed by atoms with E-state index in [2.05, 4.69) is 0 Å². The van der Waals surface area contributed by atoms with Gasteiger partial charge >= 0.3 is 0 Å². The van der Waals surface area contributed by atoms with E-state index in [0.29, 0.717) is 24.4 Å². The number of hydrogen-bond donors (Lipinski definition) is 0. The summed E-state index contributed by atoms with van der Waals surface area (Å²) in [4.78, 5) is 11.9. The van der Waals surface area contributed by atoms with Crippen molar-refractivity contribution in [1.82, 2.24) is 0 Å². The molecule has 0 aromatic carbocycles. The van der Waals surface area contributed by atoms with E-state index in [1.54, 1.807) is 0 Å². The van der Waals surface area contributed by atoms with Crippen molar-refractivity contribution in [2.24, 2.45) is 5.92 Å². The Kier molecular flexibility index (Phi) is 4.83. The fourth-order valence-electron chi connectivity index (χ4n) is 2.97. The quantitative estimate of drug-likeness (QED) is 0.730. The molecular formula is C14H24O2. The SMILES string of the molecule is O=C(COC1CCCCC1)C1CCCCC1. The molecule has 0 radical (unpaired) electrons. The molecule has 0 aromatic rings.